The van der Waals surface area contributed by atoms with E-state index in [0.29, 0.717) is 24.1 Å². The van der Waals surface area contributed by atoms with Crippen molar-refractivity contribution in [1.29, 1.82) is 0 Å². The summed E-state index contributed by atoms with van der Waals surface area (Å²) in [5, 5.41) is 7.83. The number of nitrogens with zero attached hydrogens (tertiary/aromatic N) is 2. The Bertz CT molecular complexity index is 1000. The second-order valence-electron chi connectivity index (χ2n) is 8.98. The third kappa shape index (κ3) is 3.54. The van der Waals surface area contributed by atoms with Crippen LogP contribution in [-0.4, -0.2) is 34.3 Å². The van der Waals surface area contributed by atoms with Crippen LogP contribution in [0.15, 0.2) is 24.3 Å². The van der Waals surface area contributed by atoms with Crippen LogP contribution < -0.4 is 5.32 Å². The number of carbonyl (C=O) groups is 2. The fraction of sp³-hybridized carbons (Fsp3) is 0.542. The number of benzene rings is 1. The van der Waals surface area contributed by atoms with Gasteiger partial charge in [0.1, 0.15) is 5.82 Å². The number of amides is 1. The largest absolute Gasteiger partial charge is 0.466 e. The molecule has 1 aromatic heterocycles. The van der Waals surface area contributed by atoms with E-state index in [0.717, 1.165) is 61.9 Å². The number of esters is 1. The van der Waals surface area contributed by atoms with Crippen LogP contribution in [0.5, 0.6) is 0 Å². The van der Waals surface area contributed by atoms with Crippen LogP contribution >= 0.6 is 0 Å². The molecule has 0 saturated heterocycles. The minimum absolute atomic E-state index is 0.194. The number of fused-ring (bicyclic) bond motifs is 3. The number of rotatable bonds is 5. The van der Waals surface area contributed by atoms with E-state index in [4.69, 9.17) is 4.74 Å². The zero-order valence-corrected chi connectivity index (χ0v) is 17.8. The van der Waals surface area contributed by atoms with E-state index in [-0.39, 0.29) is 29.7 Å². The Morgan fingerprint density at radius 1 is 1.16 bits per heavy atom. The van der Waals surface area contributed by atoms with E-state index in [1.165, 1.54) is 12.1 Å². The first-order valence-corrected chi connectivity index (χ1v) is 11.4. The molecule has 0 aliphatic heterocycles. The SMILES string of the molecule is CCOC(=O)C1C2CCC(C2)C1NC(=O)c1nn(-c2ccc(F)cc2)c2c1CCCC2. The maximum Gasteiger partial charge on any atom is 0.311 e. The number of halogens is 1. The van der Waals surface area contributed by atoms with E-state index in [9.17, 15) is 14.0 Å². The Hall–Kier alpha value is -2.70. The minimum Gasteiger partial charge on any atom is -0.466 e. The summed E-state index contributed by atoms with van der Waals surface area (Å²) < 4.78 is 20.5. The molecule has 1 amide bonds. The molecule has 2 bridgehead atoms. The van der Waals surface area contributed by atoms with Crippen molar-refractivity contribution in [3.8, 4) is 5.69 Å². The summed E-state index contributed by atoms with van der Waals surface area (Å²) in [4.78, 5) is 26.0. The molecule has 1 heterocycles. The third-order valence-electron chi connectivity index (χ3n) is 7.24. The molecule has 2 saturated carbocycles. The number of hydrogen-bond donors (Lipinski definition) is 1. The lowest BCUT2D eigenvalue weighted by atomic mass is 9.84. The smallest absolute Gasteiger partial charge is 0.311 e. The van der Waals surface area contributed by atoms with E-state index in [1.54, 1.807) is 16.8 Å². The maximum absolute atomic E-state index is 13.4. The lowest BCUT2D eigenvalue weighted by Gasteiger charge is -2.30. The monoisotopic (exact) mass is 425 g/mol. The molecule has 6 nitrogen and oxygen atoms in total. The second kappa shape index (κ2) is 8.09. The summed E-state index contributed by atoms with van der Waals surface area (Å²) in [7, 11) is 0. The molecule has 0 spiro atoms. The van der Waals surface area contributed by atoms with Crippen LogP contribution in [0, 0.1) is 23.6 Å². The standard InChI is InChI=1S/C24H28FN3O3/c1-2-31-24(30)20-14-7-8-15(13-14)21(20)26-23(29)22-18-5-3-4-6-19(18)28(27-22)17-11-9-16(25)10-12-17/h9-12,14-15,20-21H,2-8,13H2,1H3,(H,26,29). The molecule has 31 heavy (non-hydrogen) atoms. The van der Waals surface area contributed by atoms with Gasteiger partial charge in [0.15, 0.2) is 5.69 Å². The summed E-state index contributed by atoms with van der Waals surface area (Å²) in [6.45, 7) is 2.16. The van der Waals surface area contributed by atoms with Gasteiger partial charge < -0.3 is 10.1 Å². The average Bonchev–Trinajstić information content (AvgIpc) is 3.47. The lowest BCUT2D eigenvalue weighted by molar-refractivity contribution is -0.150. The molecular weight excluding hydrogens is 397 g/mol. The molecule has 2 fully saturated rings. The highest BCUT2D eigenvalue weighted by molar-refractivity contribution is 5.95. The van der Waals surface area contributed by atoms with E-state index in [2.05, 4.69) is 10.4 Å². The van der Waals surface area contributed by atoms with E-state index in [1.807, 2.05) is 6.92 Å². The van der Waals surface area contributed by atoms with Crippen molar-refractivity contribution in [3.05, 3.63) is 47.0 Å². The summed E-state index contributed by atoms with van der Waals surface area (Å²) in [6, 6.07) is 5.99. The van der Waals surface area contributed by atoms with Crippen LogP contribution in [0.3, 0.4) is 0 Å². The molecule has 4 atom stereocenters. The Morgan fingerprint density at radius 2 is 1.90 bits per heavy atom. The zero-order chi connectivity index (χ0) is 21.5. The van der Waals surface area contributed by atoms with Crippen molar-refractivity contribution in [2.45, 2.75) is 57.9 Å². The number of carbonyl (C=O) groups excluding carboxylic acids is 2. The Morgan fingerprint density at radius 3 is 2.68 bits per heavy atom. The molecule has 3 aliphatic carbocycles. The van der Waals surface area contributed by atoms with Gasteiger partial charge in [-0.3, -0.25) is 9.59 Å². The van der Waals surface area contributed by atoms with Crippen molar-refractivity contribution >= 4 is 11.9 Å². The predicted molar refractivity (Wildman–Crippen MR) is 112 cm³/mol. The molecular formula is C24H28FN3O3. The van der Waals surface area contributed by atoms with Gasteiger partial charge in [0.2, 0.25) is 0 Å². The van der Waals surface area contributed by atoms with Gasteiger partial charge in [-0.05, 0) is 88.0 Å². The molecule has 7 heteroatoms. The molecule has 1 aromatic carbocycles. The van der Waals surface area contributed by atoms with Crippen LogP contribution in [0.2, 0.25) is 0 Å². The van der Waals surface area contributed by atoms with Crippen molar-refractivity contribution in [2.75, 3.05) is 6.61 Å². The highest BCUT2D eigenvalue weighted by atomic mass is 19.1. The van der Waals surface area contributed by atoms with Crippen molar-refractivity contribution in [2.24, 2.45) is 17.8 Å². The van der Waals surface area contributed by atoms with Gasteiger partial charge in [-0.1, -0.05) is 0 Å². The highest BCUT2D eigenvalue weighted by Gasteiger charge is 2.52. The van der Waals surface area contributed by atoms with Crippen molar-refractivity contribution < 1.29 is 18.7 Å². The minimum atomic E-state index is -0.302. The van der Waals surface area contributed by atoms with Crippen LogP contribution in [0.25, 0.3) is 5.69 Å². The third-order valence-corrected chi connectivity index (χ3v) is 7.24. The fourth-order valence-corrected chi connectivity index (χ4v) is 5.87. The first kappa shape index (κ1) is 20.2. The molecule has 2 aromatic rings. The summed E-state index contributed by atoms with van der Waals surface area (Å²) >= 11 is 0. The normalized spacial score (nSPS) is 26.5. The highest BCUT2D eigenvalue weighted by Crippen LogP contribution is 2.49. The van der Waals surface area contributed by atoms with E-state index >= 15 is 0 Å². The van der Waals surface area contributed by atoms with Gasteiger partial charge in [-0.15, -0.1) is 0 Å². The molecule has 4 unspecified atom stereocenters. The van der Waals surface area contributed by atoms with Crippen LogP contribution in [-0.2, 0) is 22.4 Å². The van der Waals surface area contributed by atoms with Gasteiger partial charge in [0.25, 0.3) is 5.91 Å². The molecule has 3 aliphatic rings. The van der Waals surface area contributed by atoms with Gasteiger partial charge in [-0.25, -0.2) is 9.07 Å². The number of nitrogens with one attached hydrogen (secondary N) is 1. The average molecular weight is 426 g/mol. The van der Waals surface area contributed by atoms with Gasteiger partial charge >= 0.3 is 5.97 Å². The summed E-state index contributed by atoms with van der Waals surface area (Å²) in [5.74, 6) is -0.371. The molecule has 164 valence electrons. The Labute approximate surface area is 181 Å². The zero-order valence-electron chi connectivity index (χ0n) is 17.8. The predicted octanol–water partition coefficient (Wildman–Crippen LogP) is 3.60. The topological polar surface area (TPSA) is 73.2 Å². The fourth-order valence-electron chi connectivity index (χ4n) is 5.87. The quantitative estimate of drug-likeness (QED) is 0.743. The van der Waals surface area contributed by atoms with Crippen molar-refractivity contribution in [1.82, 2.24) is 15.1 Å². The summed E-state index contributed by atoms with van der Waals surface area (Å²) in [5.41, 5.74) is 3.19. The van der Waals surface area contributed by atoms with Gasteiger partial charge in [-0.2, -0.15) is 5.10 Å². The maximum atomic E-state index is 13.4. The van der Waals surface area contributed by atoms with Gasteiger partial charge in [0.05, 0.1) is 18.2 Å². The first-order valence-electron chi connectivity index (χ1n) is 11.4. The van der Waals surface area contributed by atoms with Crippen molar-refractivity contribution in [3.63, 3.8) is 0 Å². The lowest BCUT2D eigenvalue weighted by Crippen LogP contribution is -2.47. The number of hydrogen-bond acceptors (Lipinski definition) is 4. The van der Waals surface area contributed by atoms with Crippen LogP contribution in [0.4, 0.5) is 4.39 Å². The molecule has 0 radical (unpaired) electrons. The number of ether oxygens (including phenoxy) is 1. The van der Waals surface area contributed by atoms with Gasteiger partial charge in [0, 0.05) is 17.3 Å². The summed E-state index contributed by atoms with van der Waals surface area (Å²) in [6.07, 6.45) is 6.73. The molecule has 1 N–H and O–H groups in total. The number of aromatic nitrogens is 2. The Kier molecular flexibility index (Phi) is 5.28. The van der Waals surface area contributed by atoms with Crippen LogP contribution in [0.1, 0.15) is 60.8 Å². The Balaban J connectivity index is 1.44. The molecule has 5 rings (SSSR count). The first-order chi connectivity index (χ1) is 15.1. The second-order valence-corrected chi connectivity index (χ2v) is 8.98. The van der Waals surface area contributed by atoms with E-state index < -0.39 is 0 Å².